The monoisotopic (exact) mass is 306 g/mol. The summed E-state index contributed by atoms with van der Waals surface area (Å²) in [5, 5.41) is 4.40. The van der Waals surface area contributed by atoms with E-state index < -0.39 is 0 Å². The molecule has 1 N–H and O–H groups in total. The third-order valence-corrected chi connectivity index (χ3v) is 5.21. The summed E-state index contributed by atoms with van der Waals surface area (Å²) in [7, 11) is 2.12. The van der Waals surface area contributed by atoms with Crippen molar-refractivity contribution in [1.82, 2.24) is 10.2 Å². The van der Waals surface area contributed by atoms with Gasteiger partial charge >= 0.3 is 0 Å². The highest BCUT2D eigenvalue weighted by Crippen LogP contribution is 2.34. The molecule has 21 heavy (non-hydrogen) atoms. The van der Waals surface area contributed by atoms with Crippen LogP contribution < -0.4 is 5.32 Å². The Labute approximate surface area is 130 Å². The molecule has 0 radical (unpaired) electrons. The van der Waals surface area contributed by atoms with Crippen molar-refractivity contribution < 1.29 is 4.39 Å². The summed E-state index contributed by atoms with van der Waals surface area (Å²) >= 11 is 1.74. The molecule has 2 aromatic rings. The molecule has 114 valence electrons. The SMILES string of the molecule is CCCN(C)Cc1c(CNC2CC2)sc2cccc(F)c12. The van der Waals surface area contributed by atoms with Gasteiger partial charge in [-0.2, -0.15) is 0 Å². The van der Waals surface area contributed by atoms with Gasteiger partial charge in [0, 0.05) is 34.1 Å². The zero-order valence-electron chi connectivity index (χ0n) is 12.8. The largest absolute Gasteiger partial charge is 0.309 e. The van der Waals surface area contributed by atoms with Crippen molar-refractivity contribution >= 4 is 21.4 Å². The molecular weight excluding hydrogens is 283 g/mol. The highest BCUT2D eigenvalue weighted by molar-refractivity contribution is 7.19. The normalized spacial score (nSPS) is 15.2. The molecule has 1 heterocycles. The first kappa shape index (κ1) is 14.9. The van der Waals surface area contributed by atoms with Gasteiger partial charge in [0.15, 0.2) is 0 Å². The van der Waals surface area contributed by atoms with E-state index in [0.29, 0.717) is 6.04 Å². The Morgan fingerprint density at radius 3 is 2.90 bits per heavy atom. The number of thiophene rings is 1. The fraction of sp³-hybridized carbons (Fsp3) is 0.529. The van der Waals surface area contributed by atoms with Gasteiger partial charge in [0.2, 0.25) is 0 Å². The van der Waals surface area contributed by atoms with Crippen LogP contribution in [0.15, 0.2) is 18.2 Å². The predicted octanol–water partition coefficient (Wildman–Crippen LogP) is 4.13. The number of nitrogens with one attached hydrogen (secondary N) is 1. The van der Waals surface area contributed by atoms with Crippen LogP contribution in [-0.2, 0) is 13.1 Å². The van der Waals surface area contributed by atoms with Gasteiger partial charge in [-0.15, -0.1) is 11.3 Å². The Bertz CT molecular complexity index is 619. The zero-order chi connectivity index (χ0) is 14.8. The molecule has 1 saturated carbocycles. The van der Waals surface area contributed by atoms with Crippen LogP contribution in [0.4, 0.5) is 4.39 Å². The number of hydrogen-bond acceptors (Lipinski definition) is 3. The fourth-order valence-corrected chi connectivity index (χ4v) is 3.96. The highest BCUT2D eigenvalue weighted by atomic mass is 32.1. The Hall–Kier alpha value is -0.970. The summed E-state index contributed by atoms with van der Waals surface area (Å²) in [5.41, 5.74) is 1.18. The standard InChI is InChI=1S/C17H23FN2S/c1-3-9-20(2)11-13-16(10-19-12-7-8-12)21-15-6-4-5-14(18)17(13)15/h4-6,12,19H,3,7-11H2,1-2H3. The molecule has 0 bridgehead atoms. The molecule has 0 atom stereocenters. The Balaban J connectivity index is 1.92. The van der Waals surface area contributed by atoms with Crippen molar-refractivity contribution in [2.45, 2.75) is 45.3 Å². The molecule has 4 heteroatoms. The van der Waals surface area contributed by atoms with E-state index in [1.165, 1.54) is 23.3 Å². The summed E-state index contributed by atoms with van der Waals surface area (Å²) in [6.07, 6.45) is 3.69. The van der Waals surface area contributed by atoms with Crippen LogP contribution in [0.5, 0.6) is 0 Å². The van der Waals surface area contributed by atoms with Gasteiger partial charge in [0.05, 0.1) is 0 Å². The molecule has 3 rings (SSSR count). The molecule has 2 nitrogen and oxygen atoms in total. The van der Waals surface area contributed by atoms with Crippen LogP contribution >= 0.6 is 11.3 Å². The number of fused-ring (bicyclic) bond motifs is 1. The first-order valence-electron chi connectivity index (χ1n) is 7.79. The third-order valence-electron chi connectivity index (χ3n) is 4.01. The van der Waals surface area contributed by atoms with Crippen LogP contribution in [0.25, 0.3) is 10.1 Å². The Kier molecular flexibility index (Phi) is 4.57. The lowest BCUT2D eigenvalue weighted by atomic mass is 10.1. The van der Waals surface area contributed by atoms with E-state index in [2.05, 4.69) is 24.2 Å². The molecule has 0 unspecified atom stereocenters. The molecule has 1 aliphatic carbocycles. The number of rotatable bonds is 7. The molecule has 0 spiro atoms. The number of benzene rings is 1. The van der Waals surface area contributed by atoms with Crippen molar-refractivity contribution in [3.63, 3.8) is 0 Å². The van der Waals surface area contributed by atoms with Crippen molar-refractivity contribution in [2.24, 2.45) is 0 Å². The minimum atomic E-state index is -0.0821. The summed E-state index contributed by atoms with van der Waals surface area (Å²) in [6.45, 7) is 4.93. The number of halogens is 1. The highest BCUT2D eigenvalue weighted by Gasteiger charge is 2.22. The first-order valence-corrected chi connectivity index (χ1v) is 8.61. The maximum absolute atomic E-state index is 14.3. The fourth-order valence-electron chi connectivity index (χ4n) is 2.78. The lowest BCUT2D eigenvalue weighted by Crippen LogP contribution is -2.21. The summed E-state index contributed by atoms with van der Waals surface area (Å²) in [4.78, 5) is 3.58. The molecule has 0 saturated heterocycles. The van der Waals surface area contributed by atoms with E-state index in [4.69, 9.17) is 0 Å². The molecule has 1 fully saturated rings. The van der Waals surface area contributed by atoms with E-state index in [1.807, 2.05) is 12.1 Å². The molecule has 1 aromatic carbocycles. The molecule has 1 aromatic heterocycles. The van der Waals surface area contributed by atoms with Gasteiger partial charge < -0.3 is 10.2 Å². The van der Waals surface area contributed by atoms with E-state index in [-0.39, 0.29) is 5.82 Å². The Morgan fingerprint density at radius 1 is 1.38 bits per heavy atom. The van der Waals surface area contributed by atoms with Crippen LogP contribution in [0.3, 0.4) is 0 Å². The lowest BCUT2D eigenvalue weighted by Gasteiger charge is -2.16. The lowest BCUT2D eigenvalue weighted by molar-refractivity contribution is 0.327. The Morgan fingerprint density at radius 2 is 2.19 bits per heavy atom. The van der Waals surface area contributed by atoms with Gasteiger partial charge in [-0.1, -0.05) is 13.0 Å². The quantitative estimate of drug-likeness (QED) is 0.827. The molecule has 0 amide bonds. The second-order valence-corrected chi connectivity index (χ2v) is 7.15. The molecule has 0 aliphatic heterocycles. The van der Waals surface area contributed by atoms with E-state index in [1.54, 1.807) is 17.4 Å². The second kappa shape index (κ2) is 6.42. The van der Waals surface area contributed by atoms with Crippen molar-refractivity contribution in [1.29, 1.82) is 0 Å². The average Bonchev–Trinajstić information content (AvgIpc) is 3.21. The summed E-state index contributed by atoms with van der Waals surface area (Å²) in [5.74, 6) is -0.0821. The van der Waals surface area contributed by atoms with E-state index in [9.17, 15) is 4.39 Å². The smallest absolute Gasteiger partial charge is 0.132 e. The third kappa shape index (κ3) is 3.44. The maximum Gasteiger partial charge on any atom is 0.132 e. The first-order chi connectivity index (χ1) is 10.2. The van der Waals surface area contributed by atoms with Gasteiger partial charge in [-0.05, 0) is 50.6 Å². The minimum absolute atomic E-state index is 0.0821. The zero-order valence-corrected chi connectivity index (χ0v) is 13.6. The number of hydrogen-bond donors (Lipinski definition) is 1. The van der Waals surface area contributed by atoms with Gasteiger partial charge in [0.1, 0.15) is 5.82 Å². The molecular formula is C17H23FN2S. The van der Waals surface area contributed by atoms with Crippen LogP contribution in [0.1, 0.15) is 36.6 Å². The second-order valence-electron chi connectivity index (χ2n) is 6.01. The van der Waals surface area contributed by atoms with Crippen molar-refractivity contribution in [2.75, 3.05) is 13.6 Å². The molecule has 1 aliphatic rings. The van der Waals surface area contributed by atoms with Gasteiger partial charge in [-0.25, -0.2) is 4.39 Å². The van der Waals surface area contributed by atoms with Crippen molar-refractivity contribution in [3.8, 4) is 0 Å². The minimum Gasteiger partial charge on any atom is -0.309 e. The van der Waals surface area contributed by atoms with E-state index >= 15 is 0 Å². The number of nitrogens with zero attached hydrogens (tertiary/aromatic N) is 1. The van der Waals surface area contributed by atoms with Crippen LogP contribution in [0, 0.1) is 5.82 Å². The maximum atomic E-state index is 14.3. The van der Waals surface area contributed by atoms with Crippen LogP contribution in [0.2, 0.25) is 0 Å². The van der Waals surface area contributed by atoms with Gasteiger partial charge in [-0.3, -0.25) is 0 Å². The topological polar surface area (TPSA) is 15.3 Å². The summed E-state index contributed by atoms with van der Waals surface area (Å²) < 4.78 is 15.3. The summed E-state index contributed by atoms with van der Waals surface area (Å²) in [6, 6.07) is 6.11. The van der Waals surface area contributed by atoms with Crippen molar-refractivity contribution in [3.05, 3.63) is 34.5 Å². The van der Waals surface area contributed by atoms with Crippen LogP contribution in [-0.4, -0.2) is 24.5 Å². The average molecular weight is 306 g/mol. The predicted molar refractivity (Wildman–Crippen MR) is 88.3 cm³/mol. The van der Waals surface area contributed by atoms with E-state index in [0.717, 1.165) is 36.1 Å². The van der Waals surface area contributed by atoms with Gasteiger partial charge in [0.25, 0.3) is 0 Å².